The molecule has 1 aliphatic rings. The lowest BCUT2D eigenvalue weighted by Crippen LogP contribution is -2.45. The molecule has 282 valence electrons. The topological polar surface area (TPSA) is 168 Å². The van der Waals surface area contributed by atoms with Crippen LogP contribution in [0.3, 0.4) is 0 Å². The molecule has 2 heterocycles. The van der Waals surface area contributed by atoms with Crippen LogP contribution >= 0.6 is 7.87 Å². The van der Waals surface area contributed by atoms with Gasteiger partial charge in [0.15, 0.2) is 12.3 Å². The van der Waals surface area contributed by atoms with Crippen LogP contribution in [0.1, 0.15) is 57.0 Å². The third-order valence-corrected chi connectivity index (χ3v) is 12.3. The van der Waals surface area contributed by atoms with Crippen molar-refractivity contribution in [2.75, 3.05) is 27.0 Å². The number of aromatic nitrogens is 2. The number of H-pyrrole nitrogens is 1. The largest absolute Gasteiger partial charge is 0.497 e. The molecule has 13 nitrogen and oxygen atoms in total. The van der Waals surface area contributed by atoms with Crippen LogP contribution in [0.5, 0.6) is 11.5 Å². The van der Waals surface area contributed by atoms with Gasteiger partial charge >= 0.3 is 13.6 Å². The summed E-state index contributed by atoms with van der Waals surface area (Å²) in [6.45, 7) is 7.48. The molecule has 4 aromatic rings. The first kappa shape index (κ1) is 39.8. The van der Waals surface area contributed by atoms with Gasteiger partial charge in [-0.05, 0) is 68.7 Å². The Hall–Kier alpha value is -4.38. The summed E-state index contributed by atoms with van der Waals surface area (Å²) in [7, 11) is -0.405. The Balaban J connectivity index is 1.65. The van der Waals surface area contributed by atoms with Crippen LogP contribution < -0.4 is 20.7 Å². The van der Waals surface area contributed by atoms with Crippen molar-refractivity contribution in [1.29, 1.82) is 5.26 Å². The Morgan fingerprint density at radius 2 is 1.45 bits per heavy atom. The quantitative estimate of drug-likeness (QED) is 0.104. The molecule has 1 aliphatic heterocycles. The molecule has 1 saturated heterocycles. The zero-order chi connectivity index (χ0) is 38.3. The number of benzene rings is 3. The Labute approximate surface area is 309 Å². The number of nitrogens with zero attached hydrogens (tertiary/aromatic N) is 3. The molecule has 3 N–H and O–H groups in total. The maximum atomic E-state index is 13.0. The minimum absolute atomic E-state index is 0.0000762. The van der Waals surface area contributed by atoms with Crippen LogP contribution in [0.4, 0.5) is 0 Å². The molecule has 1 unspecified atom stereocenters. The number of aliphatic hydroxyl groups excluding tert-OH is 1. The summed E-state index contributed by atoms with van der Waals surface area (Å²) in [5.41, 5.74) is -0.383. The molecular weight excluding hydrogens is 699 g/mol. The highest BCUT2D eigenvalue weighted by Gasteiger charge is 2.57. The molecule has 53 heavy (non-hydrogen) atoms. The molecule has 5 rings (SSSR count). The van der Waals surface area contributed by atoms with Crippen molar-refractivity contribution >= 4 is 7.87 Å². The molecule has 0 aliphatic carbocycles. The van der Waals surface area contributed by atoms with Crippen molar-refractivity contribution in [1.82, 2.24) is 14.2 Å². The van der Waals surface area contributed by atoms with Crippen molar-refractivity contribution in [3.05, 3.63) is 129 Å². The lowest BCUT2D eigenvalue weighted by molar-refractivity contribution is -0.0948. The average molecular weight is 748 g/mol. The highest BCUT2D eigenvalue weighted by atomic mass is 31.2. The van der Waals surface area contributed by atoms with E-state index in [9.17, 15) is 24.9 Å². The normalized spacial score (nSPS) is 20.0. The lowest BCUT2D eigenvalue weighted by atomic mass is 9.80. The first-order valence-electron chi connectivity index (χ1n) is 17.5. The van der Waals surface area contributed by atoms with Gasteiger partial charge in [0.2, 0.25) is 0 Å². The van der Waals surface area contributed by atoms with E-state index in [-0.39, 0.29) is 31.3 Å². The SMILES string of the molecule is COc1ccc(C(OC[C@H]2O[C@@H](n3ccc(=O)[nH]c3=O)[C@H](O)[C@@H]2O[P+](O)(CCC#N)N(C(C)C)C(C)C)(c2ccccc2)c2ccc(OC)cc2)cc1. The van der Waals surface area contributed by atoms with Crippen molar-refractivity contribution in [2.24, 2.45) is 0 Å². The number of nitriles is 1. The molecule has 0 radical (unpaired) electrons. The molecule has 3 aromatic carbocycles. The fraction of sp³-hybridized carbons (Fsp3) is 0.410. The monoisotopic (exact) mass is 747 g/mol. The molecule has 0 amide bonds. The van der Waals surface area contributed by atoms with E-state index in [2.05, 4.69) is 11.1 Å². The van der Waals surface area contributed by atoms with E-state index in [1.807, 2.05) is 111 Å². The van der Waals surface area contributed by atoms with Gasteiger partial charge in [-0.25, -0.2) is 9.69 Å². The van der Waals surface area contributed by atoms with E-state index < -0.39 is 49.3 Å². The molecule has 0 spiro atoms. The number of aromatic amines is 1. The number of hydrogen-bond acceptors (Lipinski definition) is 11. The summed E-state index contributed by atoms with van der Waals surface area (Å²) >= 11 is 0. The number of aliphatic hydroxyl groups is 1. The number of nitrogens with one attached hydrogen (secondary N) is 1. The van der Waals surface area contributed by atoms with Crippen molar-refractivity contribution in [3.8, 4) is 17.6 Å². The fourth-order valence-electron chi connectivity index (χ4n) is 7.05. The minimum atomic E-state index is -3.58. The first-order chi connectivity index (χ1) is 25.4. The zero-order valence-electron chi connectivity index (χ0n) is 30.8. The third kappa shape index (κ3) is 8.40. The molecular formula is C39H48N4O9P+. The van der Waals surface area contributed by atoms with Crippen LogP contribution in [0.15, 0.2) is 101 Å². The smallest absolute Gasteiger partial charge is 0.347 e. The number of ether oxygens (including phenoxy) is 4. The first-order valence-corrected chi connectivity index (χ1v) is 19.3. The Morgan fingerprint density at radius 3 is 1.94 bits per heavy atom. The number of hydrogen-bond donors (Lipinski definition) is 3. The van der Waals surface area contributed by atoms with E-state index in [1.54, 1.807) is 14.2 Å². The highest BCUT2D eigenvalue weighted by molar-refractivity contribution is 7.63. The van der Waals surface area contributed by atoms with E-state index in [4.69, 9.17) is 23.5 Å². The van der Waals surface area contributed by atoms with Gasteiger partial charge in [0.1, 0.15) is 35.5 Å². The van der Waals surface area contributed by atoms with Gasteiger partial charge in [0.05, 0.1) is 33.3 Å². The van der Waals surface area contributed by atoms with Gasteiger partial charge in [0.25, 0.3) is 5.56 Å². The van der Waals surface area contributed by atoms with E-state index in [0.29, 0.717) is 11.5 Å². The summed E-state index contributed by atoms with van der Waals surface area (Å²) < 4.78 is 34.0. The van der Waals surface area contributed by atoms with Gasteiger partial charge in [0, 0.05) is 24.3 Å². The second-order valence-corrected chi connectivity index (χ2v) is 15.8. The molecule has 1 aromatic heterocycles. The molecule has 0 bridgehead atoms. The van der Waals surface area contributed by atoms with Gasteiger partial charge < -0.3 is 24.1 Å². The molecule has 0 saturated carbocycles. The van der Waals surface area contributed by atoms with E-state index in [1.165, 1.54) is 6.20 Å². The van der Waals surface area contributed by atoms with Crippen LogP contribution in [0, 0.1) is 11.3 Å². The lowest BCUT2D eigenvalue weighted by Gasteiger charge is -2.38. The van der Waals surface area contributed by atoms with Crippen molar-refractivity contribution < 1.29 is 33.5 Å². The maximum absolute atomic E-state index is 13.0. The average Bonchev–Trinajstić information content (AvgIpc) is 3.44. The van der Waals surface area contributed by atoms with Crippen LogP contribution in [0.25, 0.3) is 0 Å². The molecule has 5 atom stereocenters. The Morgan fingerprint density at radius 1 is 0.906 bits per heavy atom. The van der Waals surface area contributed by atoms with Crippen LogP contribution in [-0.2, 0) is 19.6 Å². The maximum Gasteiger partial charge on any atom is 0.347 e. The van der Waals surface area contributed by atoms with Gasteiger partial charge in [-0.2, -0.15) is 9.79 Å². The van der Waals surface area contributed by atoms with Crippen LogP contribution in [0.2, 0.25) is 0 Å². The predicted octanol–water partition coefficient (Wildman–Crippen LogP) is 4.99. The summed E-state index contributed by atoms with van der Waals surface area (Å²) in [6.07, 6.45) is -3.88. The standard InChI is InChI=1S/C39H47N4O9P/c1-26(2)43(27(3)4)53(47,24-10-22-40)52-36-33(51-37(35(36)45)42-23-21-34(44)41-38(42)46)25-50-39(28-11-8-7-9-12-28,29-13-17-31(48-5)18-14-29)30-15-19-32(49-6)20-16-30/h7-9,11-21,23,26-27,33,35-37,45,47H,10,24-25H2,1-6H3/p+1/t33-,35-,36-,37-,53?/m1/s1. The Bertz CT molecular complexity index is 1890. The van der Waals surface area contributed by atoms with E-state index >= 15 is 0 Å². The van der Waals surface area contributed by atoms with Crippen molar-refractivity contribution in [3.63, 3.8) is 0 Å². The van der Waals surface area contributed by atoms with Gasteiger partial charge in [-0.3, -0.25) is 14.3 Å². The minimum Gasteiger partial charge on any atom is -0.497 e. The zero-order valence-corrected chi connectivity index (χ0v) is 31.7. The summed E-state index contributed by atoms with van der Waals surface area (Å²) in [5.74, 6) is 1.30. The van der Waals surface area contributed by atoms with Crippen LogP contribution in [-0.4, -0.2) is 81.6 Å². The third-order valence-electron chi connectivity index (χ3n) is 9.30. The summed E-state index contributed by atoms with van der Waals surface area (Å²) in [5, 5.41) is 21.5. The predicted molar refractivity (Wildman–Crippen MR) is 201 cm³/mol. The summed E-state index contributed by atoms with van der Waals surface area (Å²) in [6, 6.07) is 27.5. The summed E-state index contributed by atoms with van der Waals surface area (Å²) in [4.78, 5) is 39.6. The van der Waals surface area contributed by atoms with Gasteiger partial charge in [-0.1, -0.05) is 54.6 Å². The second-order valence-electron chi connectivity index (χ2n) is 13.3. The van der Waals surface area contributed by atoms with E-state index in [0.717, 1.165) is 27.3 Å². The molecule has 1 fully saturated rings. The second kappa shape index (κ2) is 17.2. The fourth-order valence-corrected chi connectivity index (χ4v) is 9.98. The molecule has 14 heteroatoms. The highest BCUT2D eigenvalue weighted by Crippen LogP contribution is 2.63. The number of methoxy groups -OCH3 is 2. The van der Waals surface area contributed by atoms with Gasteiger partial charge in [-0.15, -0.1) is 4.67 Å². The van der Waals surface area contributed by atoms with Crippen molar-refractivity contribution in [2.45, 2.75) is 76.3 Å². The number of rotatable bonds is 16. The Kier molecular flexibility index (Phi) is 12.9.